The minimum atomic E-state index is 0.0556. The molecule has 0 spiro atoms. The van der Waals surface area contributed by atoms with Crippen molar-refractivity contribution in [3.63, 3.8) is 0 Å². The molecule has 0 saturated heterocycles. The standard InChI is InChI=1S/C23H26N4O/c1-5-25-15-24-21(17-10-8-9-16(4)13-17)22(25)18-11-12-19-20(14-18)27(7-3)23(28)26(19)6-2/h8-15H,5-7H2,1-4H3. The highest BCUT2D eigenvalue weighted by atomic mass is 16.1. The fourth-order valence-electron chi connectivity index (χ4n) is 4.01. The van der Waals surface area contributed by atoms with Gasteiger partial charge in [-0.1, -0.05) is 29.8 Å². The Morgan fingerprint density at radius 2 is 1.61 bits per heavy atom. The quantitative estimate of drug-likeness (QED) is 0.508. The van der Waals surface area contributed by atoms with Gasteiger partial charge in [-0.05, 0) is 45.9 Å². The number of fused-ring (bicyclic) bond motifs is 1. The Bertz CT molecular complexity index is 1210. The van der Waals surface area contributed by atoms with Crippen molar-refractivity contribution in [1.29, 1.82) is 0 Å². The fourth-order valence-corrected chi connectivity index (χ4v) is 4.01. The molecule has 2 aromatic carbocycles. The minimum Gasteiger partial charge on any atom is -0.330 e. The SMILES string of the molecule is CCn1cnc(-c2cccc(C)c2)c1-c1ccc2c(c1)n(CC)c(=O)n2CC. The second-order valence-corrected chi connectivity index (χ2v) is 7.07. The summed E-state index contributed by atoms with van der Waals surface area (Å²) in [7, 11) is 0. The van der Waals surface area contributed by atoms with Crippen LogP contribution < -0.4 is 5.69 Å². The topological polar surface area (TPSA) is 44.8 Å². The van der Waals surface area contributed by atoms with E-state index in [9.17, 15) is 4.79 Å². The zero-order valence-electron chi connectivity index (χ0n) is 16.9. The molecule has 0 bridgehead atoms. The number of rotatable bonds is 5. The zero-order valence-corrected chi connectivity index (χ0v) is 16.9. The molecular formula is C23H26N4O. The summed E-state index contributed by atoms with van der Waals surface area (Å²) in [5, 5.41) is 0. The van der Waals surface area contributed by atoms with Gasteiger partial charge in [-0.3, -0.25) is 9.13 Å². The number of hydrogen-bond acceptors (Lipinski definition) is 2. The first-order valence-corrected chi connectivity index (χ1v) is 9.94. The molecule has 0 aliphatic rings. The van der Waals surface area contributed by atoms with E-state index in [1.165, 1.54) is 5.56 Å². The van der Waals surface area contributed by atoms with Gasteiger partial charge in [-0.2, -0.15) is 0 Å². The summed E-state index contributed by atoms with van der Waals surface area (Å²) in [5.74, 6) is 0. The third-order valence-corrected chi connectivity index (χ3v) is 5.39. The lowest BCUT2D eigenvalue weighted by atomic mass is 10.0. The Morgan fingerprint density at radius 3 is 2.29 bits per heavy atom. The lowest BCUT2D eigenvalue weighted by Crippen LogP contribution is -2.23. The average molecular weight is 374 g/mol. The Morgan fingerprint density at radius 1 is 0.857 bits per heavy atom. The highest BCUT2D eigenvalue weighted by Gasteiger charge is 2.17. The summed E-state index contributed by atoms with van der Waals surface area (Å²) in [6, 6.07) is 14.7. The van der Waals surface area contributed by atoms with E-state index in [1.54, 1.807) is 0 Å². The molecule has 4 aromatic rings. The second kappa shape index (κ2) is 7.15. The Labute approximate surface area is 164 Å². The van der Waals surface area contributed by atoms with Crippen LogP contribution in [0.2, 0.25) is 0 Å². The van der Waals surface area contributed by atoms with Gasteiger partial charge < -0.3 is 4.57 Å². The van der Waals surface area contributed by atoms with Crippen LogP contribution in [0.4, 0.5) is 0 Å². The van der Waals surface area contributed by atoms with Crippen LogP contribution in [-0.4, -0.2) is 18.7 Å². The van der Waals surface area contributed by atoms with E-state index in [2.05, 4.69) is 60.9 Å². The third kappa shape index (κ3) is 2.78. The maximum atomic E-state index is 12.7. The first-order chi connectivity index (χ1) is 13.6. The van der Waals surface area contributed by atoms with Gasteiger partial charge in [0.05, 0.1) is 28.7 Å². The molecule has 0 unspecified atom stereocenters. The molecule has 0 atom stereocenters. The van der Waals surface area contributed by atoms with Crippen molar-refractivity contribution in [2.75, 3.05) is 0 Å². The first-order valence-electron chi connectivity index (χ1n) is 9.94. The molecule has 28 heavy (non-hydrogen) atoms. The Kier molecular flexibility index (Phi) is 4.67. The summed E-state index contributed by atoms with van der Waals surface area (Å²) in [4.78, 5) is 17.4. The molecule has 0 N–H and O–H groups in total. The van der Waals surface area contributed by atoms with E-state index in [4.69, 9.17) is 4.98 Å². The summed E-state index contributed by atoms with van der Waals surface area (Å²) < 4.78 is 5.85. The van der Waals surface area contributed by atoms with Crippen LogP contribution in [0.3, 0.4) is 0 Å². The van der Waals surface area contributed by atoms with E-state index in [1.807, 2.05) is 29.3 Å². The predicted octanol–water partition coefficient (Wildman–Crippen LogP) is 4.70. The van der Waals surface area contributed by atoms with Gasteiger partial charge in [-0.15, -0.1) is 0 Å². The molecule has 0 amide bonds. The molecule has 0 saturated carbocycles. The molecule has 5 nitrogen and oxygen atoms in total. The van der Waals surface area contributed by atoms with E-state index >= 15 is 0 Å². The summed E-state index contributed by atoms with van der Waals surface area (Å²) in [6.07, 6.45) is 1.90. The van der Waals surface area contributed by atoms with Crippen molar-refractivity contribution >= 4 is 11.0 Å². The Balaban J connectivity index is 1.98. The van der Waals surface area contributed by atoms with Crippen molar-refractivity contribution < 1.29 is 0 Å². The monoisotopic (exact) mass is 374 g/mol. The van der Waals surface area contributed by atoms with Crippen molar-refractivity contribution in [2.45, 2.75) is 47.3 Å². The van der Waals surface area contributed by atoms with Gasteiger partial charge in [-0.25, -0.2) is 9.78 Å². The van der Waals surface area contributed by atoms with Crippen molar-refractivity contribution in [2.24, 2.45) is 0 Å². The molecule has 0 aliphatic carbocycles. The van der Waals surface area contributed by atoms with Crippen LogP contribution in [0.5, 0.6) is 0 Å². The molecule has 2 heterocycles. The van der Waals surface area contributed by atoms with Crippen LogP contribution in [0.25, 0.3) is 33.5 Å². The van der Waals surface area contributed by atoms with Crippen molar-refractivity contribution in [3.05, 3.63) is 64.8 Å². The lowest BCUT2D eigenvalue weighted by Gasteiger charge is -2.10. The van der Waals surface area contributed by atoms with Gasteiger partial charge in [0, 0.05) is 30.8 Å². The van der Waals surface area contributed by atoms with Gasteiger partial charge in [0.2, 0.25) is 0 Å². The van der Waals surface area contributed by atoms with Crippen molar-refractivity contribution in [3.8, 4) is 22.5 Å². The number of aromatic nitrogens is 4. The smallest absolute Gasteiger partial charge is 0.329 e. The van der Waals surface area contributed by atoms with Crippen LogP contribution in [0, 0.1) is 6.92 Å². The maximum Gasteiger partial charge on any atom is 0.329 e. The van der Waals surface area contributed by atoms with Gasteiger partial charge in [0.25, 0.3) is 0 Å². The van der Waals surface area contributed by atoms with E-state index in [0.29, 0.717) is 13.1 Å². The summed E-state index contributed by atoms with van der Waals surface area (Å²) in [6.45, 7) is 10.4. The average Bonchev–Trinajstić information content (AvgIpc) is 3.25. The van der Waals surface area contributed by atoms with Crippen LogP contribution in [-0.2, 0) is 19.6 Å². The van der Waals surface area contributed by atoms with E-state index in [-0.39, 0.29) is 5.69 Å². The predicted molar refractivity (Wildman–Crippen MR) is 115 cm³/mol. The van der Waals surface area contributed by atoms with E-state index < -0.39 is 0 Å². The van der Waals surface area contributed by atoms with Crippen LogP contribution >= 0.6 is 0 Å². The van der Waals surface area contributed by atoms with Crippen LogP contribution in [0.1, 0.15) is 26.3 Å². The normalized spacial score (nSPS) is 11.4. The van der Waals surface area contributed by atoms with Gasteiger partial charge in [0.1, 0.15) is 0 Å². The molecule has 144 valence electrons. The number of nitrogens with zero attached hydrogens (tertiary/aromatic N) is 4. The molecule has 2 aromatic heterocycles. The third-order valence-electron chi connectivity index (χ3n) is 5.39. The number of hydrogen-bond donors (Lipinski definition) is 0. The molecule has 0 fully saturated rings. The fraction of sp³-hybridized carbons (Fsp3) is 0.304. The molecule has 5 heteroatoms. The highest BCUT2D eigenvalue weighted by Crippen LogP contribution is 2.33. The number of benzene rings is 2. The Hall–Kier alpha value is -3.08. The molecule has 0 aliphatic heterocycles. The molecule has 4 rings (SSSR count). The van der Waals surface area contributed by atoms with Crippen LogP contribution in [0.15, 0.2) is 53.6 Å². The summed E-state index contributed by atoms with van der Waals surface area (Å²) >= 11 is 0. The molecule has 0 radical (unpaired) electrons. The lowest BCUT2D eigenvalue weighted by molar-refractivity contribution is 0.671. The maximum absolute atomic E-state index is 12.7. The largest absolute Gasteiger partial charge is 0.330 e. The second-order valence-electron chi connectivity index (χ2n) is 7.07. The molecular weight excluding hydrogens is 348 g/mol. The highest BCUT2D eigenvalue weighted by molar-refractivity contribution is 5.86. The number of aryl methyl sites for hydroxylation is 4. The minimum absolute atomic E-state index is 0.0556. The number of imidazole rings is 2. The van der Waals surface area contributed by atoms with Gasteiger partial charge in [0.15, 0.2) is 0 Å². The van der Waals surface area contributed by atoms with Crippen molar-refractivity contribution in [1.82, 2.24) is 18.7 Å². The van der Waals surface area contributed by atoms with Gasteiger partial charge >= 0.3 is 5.69 Å². The summed E-state index contributed by atoms with van der Waals surface area (Å²) in [5.41, 5.74) is 7.49. The zero-order chi connectivity index (χ0) is 19.8. The van der Waals surface area contributed by atoms with E-state index in [0.717, 1.165) is 40.1 Å². The first kappa shape index (κ1) is 18.3.